The van der Waals surface area contributed by atoms with Crippen molar-refractivity contribution >= 4 is 17.7 Å². The third-order valence-corrected chi connectivity index (χ3v) is 6.08. The molecule has 0 saturated carbocycles. The second kappa shape index (κ2) is 8.99. The van der Waals surface area contributed by atoms with Gasteiger partial charge in [0.2, 0.25) is 0 Å². The van der Waals surface area contributed by atoms with Gasteiger partial charge in [0, 0.05) is 57.7 Å². The second-order valence-corrected chi connectivity index (χ2v) is 7.92. The number of rotatable bonds is 6. The van der Waals surface area contributed by atoms with Crippen LogP contribution < -0.4 is 5.32 Å². The largest absolute Gasteiger partial charge is 0.384 e. The van der Waals surface area contributed by atoms with Crippen LogP contribution in [0.15, 0.2) is 4.99 Å². The third kappa shape index (κ3) is 4.77. The first kappa shape index (κ1) is 17.9. The second-order valence-electron chi connectivity index (χ2n) is 6.19. The van der Waals surface area contributed by atoms with Crippen molar-refractivity contribution in [2.45, 2.75) is 30.9 Å². The van der Waals surface area contributed by atoms with E-state index in [2.05, 4.69) is 33.9 Å². The maximum absolute atomic E-state index is 5.55. The summed E-state index contributed by atoms with van der Waals surface area (Å²) in [6.07, 6.45) is 3.45. The van der Waals surface area contributed by atoms with Crippen LogP contribution >= 0.6 is 11.8 Å². The number of guanidine groups is 1. The summed E-state index contributed by atoms with van der Waals surface area (Å²) in [6, 6.07) is 0. The van der Waals surface area contributed by atoms with Gasteiger partial charge in [-0.2, -0.15) is 11.8 Å². The number of likely N-dealkylation sites (tertiary alicyclic amines) is 1. The minimum Gasteiger partial charge on any atom is -0.384 e. The highest BCUT2D eigenvalue weighted by molar-refractivity contribution is 8.00. The summed E-state index contributed by atoms with van der Waals surface area (Å²) in [5.74, 6) is 2.83. The van der Waals surface area contributed by atoms with Crippen LogP contribution in [0.25, 0.3) is 0 Å². The van der Waals surface area contributed by atoms with Crippen LogP contribution in [-0.4, -0.2) is 75.0 Å². The van der Waals surface area contributed by atoms with Crippen LogP contribution in [0.4, 0.5) is 0 Å². The number of nitrogens with zero attached hydrogens (tertiary/aromatic N) is 2. The molecule has 2 aliphatic heterocycles. The van der Waals surface area contributed by atoms with Gasteiger partial charge in [-0.3, -0.25) is 4.99 Å². The van der Waals surface area contributed by atoms with Crippen LogP contribution in [0.1, 0.15) is 26.2 Å². The molecule has 0 aromatic heterocycles. The van der Waals surface area contributed by atoms with Gasteiger partial charge in [-0.15, -0.1) is 0 Å². The Hall–Kier alpha value is -0.460. The fourth-order valence-electron chi connectivity index (χ4n) is 3.39. The van der Waals surface area contributed by atoms with E-state index >= 15 is 0 Å². The average Bonchev–Trinajstić information content (AvgIpc) is 2.98. The zero-order chi connectivity index (χ0) is 15.8. The van der Waals surface area contributed by atoms with Crippen molar-refractivity contribution in [3.05, 3.63) is 0 Å². The maximum Gasteiger partial charge on any atom is 0.193 e. The van der Waals surface area contributed by atoms with Gasteiger partial charge in [0.1, 0.15) is 0 Å². The maximum atomic E-state index is 5.55. The van der Waals surface area contributed by atoms with Crippen molar-refractivity contribution < 1.29 is 9.47 Å². The molecule has 1 N–H and O–H groups in total. The molecule has 22 heavy (non-hydrogen) atoms. The van der Waals surface area contributed by atoms with Gasteiger partial charge in [-0.05, 0) is 25.0 Å². The van der Waals surface area contributed by atoms with E-state index in [0.29, 0.717) is 10.7 Å². The summed E-state index contributed by atoms with van der Waals surface area (Å²) in [5.41, 5.74) is 0. The van der Waals surface area contributed by atoms with Crippen molar-refractivity contribution in [3.8, 4) is 0 Å². The highest BCUT2D eigenvalue weighted by Crippen LogP contribution is 2.34. The van der Waals surface area contributed by atoms with Crippen molar-refractivity contribution in [3.63, 3.8) is 0 Å². The summed E-state index contributed by atoms with van der Waals surface area (Å²) in [5, 5.41) is 3.63. The molecule has 2 rings (SSSR count). The average molecular weight is 330 g/mol. The van der Waals surface area contributed by atoms with Crippen LogP contribution in [0.2, 0.25) is 0 Å². The normalized spacial score (nSPS) is 25.5. The predicted octanol–water partition coefficient (Wildman–Crippen LogP) is 1.83. The molecule has 0 amide bonds. The van der Waals surface area contributed by atoms with E-state index in [1.807, 2.05) is 7.05 Å². The summed E-state index contributed by atoms with van der Waals surface area (Å²) < 4.78 is 11.1. The lowest BCUT2D eigenvalue weighted by atomic mass is 9.99. The number of aliphatic imine (C=N–C) groups is 1. The number of hydrogen-bond acceptors (Lipinski definition) is 4. The molecule has 1 unspecified atom stereocenters. The Bertz CT molecular complexity index is 354. The fraction of sp³-hybridized carbons (Fsp3) is 0.938. The Morgan fingerprint density at radius 1 is 1.45 bits per heavy atom. The lowest BCUT2D eigenvalue weighted by Crippen LogP contribution is -2.49. The summed E-state index contributed by atoms with van der Waals surface area (Å²) >= 11 is 2.07. The highest BCUT2D eigenvalue weighted by atomic mass is 32.2. The minimum absolute atomic E-state index is 0.300. The minimum atomic E-state index is 0.300. The first-order valence-electron chi connectivity index (χ1n) is 8.39. The van der Waals surface area contributed by atoms with Crippen molar-refractivity contribution in [2.75, 3.05) is 59.4 Å². The Morgan fingerprint density at radius 3 is 2.86 bits per heavy atom. The van der Waals surface area contributed by atoms with Gasteiger partial charge in [0.25, 0.3) is 0 Å². The molecule has 2 saturated heterocycles. The number of hydrogen-bond donors (Lipinski definition) is 1. The molecule has 5 nitrogen and oxygen atoms in total. The van der Waals surface area contributed by atoms with Gasteiger partial charge in [-0.1, -0.05) is 6.92 Å². The number of nitrogens with one attached hydrogen (secondary N) is 1. The smallest absolute Gasteiger partial charge is 0.193 e. The number of ether oxygens (including phenoxy) is 2. The zero-order valence-electron chi connectivity index (χ0n) is 14.3. The molecule has 2 aliphatic rings. The van der Waals surface area contributed by atoms with Crippen molar-refractivity contribution in [1.82, 2.24) is 10.2 Å². The molecule has 128 valence electrons. The quantitative estimate of drug-likeness (QED) is 0.595. The van der Waals surface area contributed by atoms with Crippen molar-refractivity contribution in [2.24, 2.45) is 10.9 Å². The molecule has 0 bridgehead atoms. The van der Waals surface area contributed by atoms with Gasteiger partial charge in [-0.25, -0.2) is 0 Å². The van der Waals surface area contributed by atoms with Crippen molar-refractivity contribution in [1.29, 1.82) is 0 Å². The molecular weight excluding hydrogens is 298 g/mol. The van der Waals surface area contributed by atoms with E-state index in [0.717, 1.165) is 64.0 Å². The molecule has 6 heteroatoms. The van der Waals surface area contributed by atoms with Gasteiger partial charge in [0.15, 0.2) is 5.96 Å². The number of thioether (sulfide) groups is 1. The predicted molar refractivity (Wildman–Crippen MR) is 93.8 cm³/mol. The van der Waals surface area contributed by atoms with Gasteiger partial charge < -0.3 is 19.7 Å². The molecule has 0 aromatic carbocycles. The molecule has 0 radical (unpaired) electrons. The molecule has 0 spiro atoms. The molecule has 2 fully saturated rings. The highest BCUT2D eigenvalue weighted by Gasteiger charge is 2.33. The van der Waals surface area contributed by atoms with E-state index < -0.39 is 0 Å². The molecule has 0 aliphatic carbocycles. The zero-order valence-corrected chi connectivity index (χ0v) is 15.1. The van der Waals surface area contributed by atoms with Crippen LogP contribution in [0, 0.1) is 5.92 Å². The first-order valence-corrected chi connectivity index (χ1v) is 9.38. The van der Waals surface area contributed by atoms with E-state index in [4.69, 9.17) is 9.47 Å². The van der Waals surface area contributed by atoms with Gasteiger partial charge >= 0.3 is 0 Å². The Kier molecular flexibility index (Phi) is 7.31. The van der Waals surface area contributed by atoms with E-state index in [9.17, 15) is 0 Å². The standard InChI is InChI=1S/C16H31N3O2S/c1-4-22-16(6-9-21-10-7-16)13-18-15(17-2)19-8-5-14(11-19)12-20-3/h14H,4-13H2,1-3H3,(H,17,18). The Labute approximate surface area is 139 Å². The van der Waals surface area contributed by atoms with E-state index in [1.54, 1.807) is 7.11 Å². The lowest BCUT2D eigenvalue weighted by Gasteiger charge is -2.37. The lowest BCUT2D eigenvalue weighted by molar-refractivity contribution is 0.0780. The topological polar surface area (TPSA) is 46.1 Å². The fourth-order valence-corrected chi connectivity index (χ4v) is 4.63. The third-order valence-electron chi connectivity index (χ3n) is 4.62. The number of methoxy groups -OCH3 is 1. The Morgan fingerprint density at radius 2 is 2.23 bits per heavy atom. The van der Waals surface area contributed by atoms with E-state index in [1.165, 1.54) is 6.42 Å². The SMILES string of the molecule is CCSC1(CNC(=NC)N2CCC(COC)C2)CCOCC1. The summed E-state index contributed by atoms with van der Waals surface area (Å²) in [6.45, 7) is 7.95. The monoisotopic (exact) mass is 329 g/mol. The van der Waals surface area contributed by atoms with Crippen LogP contribution in [0.5, 0.6) is 0 Å². The van der Waals surface area contributed by atoms with Crippen LogP contribution in [-0.2, 0) is 9.47 Å². The molecular formula is C16H31N3O2S. The van der Waals surface area contributed by atoms with Gasteiger partial charge in [0.05, 0.1) is 6.61 Å². The first-order chi connectivity index (χ1) is 10.7. The summed E-state index contributed by atoms with van der Waals surface area (Å²) in [7, 11) is 3.67. The molecule has 0 aromatic rings. The van der Waals surface area contributed by atoms with Crippen LogP contribution in [0.3, 0.4) is 0 Å². The molecule has 1 atom stereocenters. The van der Waals surface area contributed by atoms with E-state index in [-0.39, 0.29) is 0 Å². The Balaban J connectivity index is 1.87. The summed E-state index contributed by atoms with van der Waals surface area (Å²) in [4.78, 5) is 6.86. The molecule has 2 heterocycles.